The molecule has 1 aromatic rings. The van der Waals surface area contributed by atoms with Crippen LogP contribution >= 0.6 is 0 Å². The lowest BCUT2D eigenvalue weighted by atomic mass is 10.1. The summed E-state index contributed by atoms with van der Waals surface area (Å²) < 4.78 is 5.44. The van der Waals surface area contributed by atoms with Gasteiger partial charge in [0.15, 0.2) is 0 Å². The van der Waals surface area contributed by atoms with E-state index < -0.39 is 0 Å². The summed E-state index contributed by atoms with van der Waals surface area (Å²) in [5.74, 6) is 0.487. The molecule has 0 heterocycles. The predicted octanol–water partition coefficient (Wildman–Crippen LogP) is 3.58. The molecular weight excluding hydrogens is 328 g/mol. The van der Waals surface area contributed by atoms with Gasteiger partial charge in [-0.2, -0.15) is 0 Å². The van der Waals surface area contributed by atoms with Gasteiger partial charge in [0.2, 0.25) is 11.8 Å². The third-order valence-corrected chi connectivity index (χ3v) is 3.70. The Labute approximate surface area is 159 Å². The quantitative estimate of drug-likeness (QED) is 0.596. The van der Waals surface area contributed by atoms with E-state index in [9.17, 15) is 9.59 Å². The summed E-state index contributed by atoms with van der Waals surface area (Å²) in [7, 11) is 3.58. The SMILES string of the molecule is CC.CC(C)CC(=O)N(C)CCCOCC(=O)N(C)Cc1ccccc1. The van der Waals surface area contributed by atoms with Crippen molar-refractivity contribution < 1.29 is 14.3 Å². The van der Waals surface area contributed by atoms with Gasteiger partial charge in [0.1, 0.15) is 6.61 Å². The first kappa shape index (κ1) is 24.1. The van der Waals surface area contributed by atoms with Gasteiger partial charge < -0.3 is 14.5 Å². The number of ether oxygens (including phenoxy) is 1. The van der Waals surface area contributed by atoms with Gasteiger partial charge in [0.05, 0.1) is 0 Å². The molecule has 2 amide bonds. The average Bonchev–Trinajstić information content (AvgIpc) is 2.63. The van der Waals surface area contributed by atoms with Crippen molar-refractivity contribution in [2.75, 3.05) is 33.9 Å². The fraction of sp³-hybridized carbons (Fsp3) is 0.619. The molecule has 0 unspecified atom stereocenters. The molecule has 5 nitrogen and oxygen atoms in total. The fourth-order valence-corrected chi connectivity index (χ4v) is 2.25. The molecule has 0 aliphatic rings. The maximum absolute atomic E-state index is 12.0. The fourth-order valence-electron chi connectivity index (χ4n) is 2.25. The first-order valence-corrected chi connectivity index (χ1v) is 9.49. The molecule has 0 atom stereocenters. The van der Waals surface area contributed by atoms with Crippen molar-refractivity contribution in [3.63, 3.8) is 0 Å². The lowest BCUT2D eigenvalue weighted by Crippen LogP contribution is -2.31. The van der Waals surface area contributed by atoms with Crippen LogP contribution in [-0.2, 0) is 20.9 Å². The number of hydrogen-bond acceptors (Lipinski definition) is 3. The zero-order valence-corrected chi connectivity index (χ0v) is 17.3. The van der Waals surface area contributed by atoms with Crippen molar-refractivity contribution in [2.24, 2.45) is 5.92 Å². The molecule has 0 fully saturated rings. The number of carbonyl (C=O) groups excluding carboxylic acids is 2. The highest BCUT2D eigenvalue weighted by molar-refractivity contribution is 5.77. The summed E-state index contributed by atoms with van der Waals surface area (Å²) in [5, 5.41) is 0. The molecule has 26 heavy (non-hydrogen) atoms. The molecule has 0 aromatic heterocycles. The third-order valence-electron chi connectivity index (χ3n) is 3.70. The smallest absolute Gasteiger partial charge is 0.248 e. The van der Waals surface area contributed by atoms with E-state index in [2.05, 4.69) is 0 Å². The van der Waals surface area contributed by atoms with Crippen molar-refractivity contribution in [2.45, 2.75) is 47.1 Å². The van der Waals surface area contributed by atoms with Gasteiger partial charge in [-0.3, -0.25) is 9.59 Å². The van der Waals surface area contributed by atoms with Crippen LogP contribution in [0, 0.1) is 5.92 Å². The Kier molecular flexibility index (Phi) is 13.3. The molecule has 1 rings (SSSR count). The molecule has 1 aromatic carbocycles. The minimum atomic E-state index is -0.0388. The largest absolute Gasteiger partial charge is 0.372 e. The number of rotatable bonds is 10. The molecule has 0 N–H and O–H groups in total. The van der Waals surface area contributed by atoms with Crippen molar-refractivity contribution in [1.82, 2.24) is 9.80 Å². The van der Waals surface area contributed by atoms with Gasteiger partial charge in [-0.05, 0) is 17.9 Å². The van der Waals surface area contributed by atoms with E-state index in [0.717, 1.165) is 12.0 Å². The summed E-state index contributed by atoms with van der Waals surface area (Å²) >= 11 is 0. The lowest BCUT2D eigenvalue weighted by Gasteiger charge is -2.19. The van der Waals surface area contributed by atoms with Gasteiger partial charge in [-0.15, -0.1) is 0 Å². The van der Waals surface area contributed by atoms with E-state index in [0.29, 0.717) is 32.0 Å². The molecule has 0 spiro atoms. The van der Waals surface area contributed by atoms with E-state index in [-0.39, 0.29) is 18.4 Å². The first-order valence-electron chi connectivity index (χ1n) is 9.49. The van der Waals surface area contributed by atoms with Gasteiger partial charge in [0.25, 0.3) is 0 Å². The van der Waals surface area contributed by atoms with Crippen molar-refractivity contribution in [3.8, 4) is 0 Å². The Morgan fingerprint density at radius 3 is 2.19 bits per heavy atom. The highest BCUT2D eigenvalue weighted by atomic mass is 16.5. The van der Waals surface area contributed by atoms with Crippen molar-refractivity contribution in [1.29, 1.82) is 0 Å². The summed E-state index contributed by atoms with van der Waals surface area (Å²) in [6.45, 7) is 9.85. The average molecular weight is 365 g/mol. The molecular formula is C21H36N2O3. The Hall–Kier alpha value is -1.88. The maximum atomic E-state index is 12.0. The van der Waals surface area contributed by atoms with Gasteiger partial charge in [-0.25, -0.2) is 0 Å². The van der Waals surface area contributed by atoms with Crippen molar-refractivity contribution in [3.05, 3.63) is 35.9 Å². The molecule has 0 saturated carbocycles. The summed E-state index contributed by atoms with van der Waals surface area (Å²) in [4.78, 5) is 27.2. The molecule has 0 aliphatic heterocycles. The van der Waals surface area contributed by atoms with E-state index in [1.165, 1.54) is 0 Å². The van der Waals surface area contributed by atoms with Crippen LogP contribution < -0.4 is 0 Å². The number of nitrogens with zero attached hydrogens (tertiary/aromatic N) is 2. The van der Waals surface area contributed by atoms with Crippen LogP contribution in [0.2, 0.25) is 0 Å². The third kappa shape index (κ3) is 10.9. The van der Waals surface area contributed by atoms with Crippen LogP contribution in [0.15, 0.2) is 30.3 Å². The predicted molar refractivity (Wildman–Crippen MR) is 107 cm³/mol. The van der Waals surface area contributed by atoms with Gasteiger partial charge in [0, 0.05) is 40.2 Å². The molecule has 0 radical (unpaired) electrons. The number of carbonyl (C=O) groups is 2. The number of likely N-dealkylation sites (N-methyl/N-ethyl adjacent to an activating group) is 1. The van der Waals surface area contributed by atoms with Crippen LogP contribution in [0.4, 0.5) is 0 Å². The summed E-state index contributed by atoms with van der Waals surface area (Å²) in [6.07, 6.45) is 1.30. The topological polar surface area (TPSA) is 49.9 Å². The van der Waals surface area contributed by atoms with Gasteiger partial charge in [-0.1, -0.05) is 58.0 Å². The highest BCUT2D eigenvalue weighted by Crippen LogP contribution is 2.04. The van der Waals surface area contributed by atoms with Crippen LogP contribution in [0.25, 0.3) is 0 Å². The number of amides is 2. The molecule has 148 valence electrons. The second-order valence-electron chi connectivity index (χ2n) is 6.55. The van der Waals surface area contributed by atoms with Crippen LogP contribution in [-0.4, -0.2) is 55.5 Å². The number of hydrogen-bond donors (Lipinski definition) is 0. The minimum absolute atomic E-state index is 0.0388. The Morgan fingerprint density at radius 2 is 1.62 bits per heavy atom. The Morgan fingerprint density at radius 1 is 1.00 bits per heavy atom. The molecule has 0 bridgehead atoms. The van der Waals surface area contributed by atoms with E-state index in [4.69, 9.17) is 4.74 Å². The number of benzene rings is 1. The molecule has 5 heteroatoms. The second-order valence-corrected chi connectivity index (χ2v) is 6.55. The van der Waals surface area contributed by atoms with Crippen LogP contribution in [0.1, 0.15) is 46.1 Å². The zero-order chi connectivity index (χ0) is 19.9. The highest BCUT2D eigenvalue weighted by Gasteiger charge is 2.11. The molecule has 0 aliphatic carbocycles. The Balaban J connectivity index is 0.00000301. The van der Waals surface area contributed by atoms with Gasteiger partial charge >= 0.3 is 0 Å². The lowest BCUT2D eigenvalue weighted by molar-refractivity contribution is -0.136. The first-order chi connectivity index (χ1) is 12.4. The van der Waals surface area contributed by atoms with Crippen LogP contribution in [0.3, 0.4) is 0 Å². The maximum Gasteiger partial charge on any atom is 0.248 e. The standard InChI is InChI=1S/C19H30N2O3.C2H6/c1-16(2)13-18(22)20(3)11-8-12-24-15-19(23)21(4)14-17-9-6-5-7-10-17;1-2/h5-7,9-10,16H,8,11-15H2,1-4H3;1-2H3. The second kappa shape index (κ2) is 14.3. The van der Waals surface area contributed by atoms with E-state index in [1.807, 2.05) is 65.1 Å². The van der Waals surface area contributed by atoms with Crippen LogP contribution in [0.5, 0.6) is 0 Å². The van der Waals surface area contributed by atoms with E-state index in [1.54, 1.807) is 16.8 Å². The summed E-state index contributed by atoms with van der Waals surface area (Å²) in [5.41, 5.74) is 1.10. The van der Waals surface area contributed by atoms with E-state index >= 15 is 0 Å². The van der Waals surface area contributed by atoms with Crippen molar-refractivity contribution >= 4 is 11.8 Å². The molecule has 0 saturated heterocycles. The monoisotopic (exact) mass is 364 g/mol. The summed E-state index contributed by atoms with van der Waals surface area (Å²) in [6, 6.07) is 9.86. The minimum Gasteiger partial charge on any atom is -0.372 e. The Bertz CT molecular complexity index is 503. The zero-order valence-electron chi connectivity index (χ0n) is 17.3. The normalized spacial score (nSPS) is 10.1.